The molecule has 0 spiro atoms. The van der Waals surface area contributed by atoms with Gasteiger partial charge in [-0.1, -0.05) is 45.3 Å². The van der Waals surface area contributed by atoms with Gasteiger partial charge in [0.15, 0.2) is 0 Å². The lowest BCUT2D eigenvalue weighted by Crippen LogP contribution is -2.33. The highest BCUT2D eigenvalue weighted by atomic mass is 14.9. The van der Waals surface area contributed by atoms with Gasteiger partial charge < -0.3 is 5.32 Å². The van der Waals surface area contributed by atoms with Gasteiger partial charge in [-0.25, -0.2) is 0 Å². The highest BCUT2D eigenvalue weighted by Crippen LogP contribution is 2.31. The standard InChI is InChI=1S/C13H25N/c1-4-11(3)9-13(14-5-2)10-12-7-6-8-12/h12-14H,3-10H2,1-2H3. The van der Waals surface area contributed by atoms with Crippen molar-refractivity contribution in [2.24, 2.45) is 5.92 Å². The van der Waals surface area contributed by atoms with Crippen molar-refractivity contribution in [1.29, 1.82) is 0 Å². The molecule has 0 amide bonds. The van der Waals surface area contributed by atoms with E-state index in [0.29, 0.717) is 6.04 Å². The normalized spacial score (nSPS) is 19.0. The average Bonchev–Trinajstić information content (AvgIpc) is 2.11. The monoisotopic (exact) mass is 195 g/mol. The average molecular weight is 195 g/mol. The smallest absolute Gasteiger partial charge is 0.0107 e. The molecule has 0 aromatic rings. The van der Waals surface area contributed by atoms with Gasteiger partial charge in [-0.05, 0) is 31.7 Å². The number of hydrogen-bond donors (Lipinski definition) is 1. The molecule has 0 bridgehead atoms. The van der Waals surface area contributed by atoms with E-state index in [-0.39, 0.29) is 0 Å². The lowest BCUT2D eigenvalue weighted by molar-refractivity contribution is 0.259. The van der Waals surface area contributed by atoms with Gasteiger partial charge in [0.25, 0.3) is 0 Å². The first kappa shape index (κ1) is 11.8. The van der Waals surface area contributed by atoms with Crippen LogP contribution in [-0.2, 0) is 0 Å². The maximum Gasteiger partial charge on any atom is 0.0107 e. The maximum absolute atomic E-state index is 4.11. The molecule has 1 unspecified atom stereocenters. The number of nitrogens with one attached hydrogen (secondary N) is 1. The molecule has 1 heteroatoms. The highest BCUT2D eigenvalue weighted by Gasteiger charge is 2.21. The van der Waals surface area contributed by atoms with Crippen LogP contribution in [0.4, 0.5) is 0 Å². The van der Waals surface area contributed by atoms with E-state index in [2.05, 4.69) is 25.7 Å². The first-order valence-corrected chi connectivity index (χ1v) is 6.16. The minimum absolute atomic E-state index is 0.692. The SMILES string of the molecule is C=C(CC)CC(CC1CCC1)NCC. The van der Waals surface area contributed by atoms with Crippen LogP contribution < -0.4 is 5.32 Å². The second-order valence-electron chi connectivity index (χ2n) is 4.59. The summed E-state index contributed by atoms with van der Waals surface area (Å²) < 4.78 is 0. The van der Waals surface area contributed by atoms with E-state index in [0.717, 1.165) is 18.9 Å². The molecule has 0 radical (unpaired) electrons. The van der Waals surface area contributed by atoms with Crippen LogP contribution in [0.1, 0.15) is 52.4 Å². The predicted molar refractivity (Wildman–Crippen MR) is 63.5 cm³/mol. The van der Waals surface area contributed by atoms with Gasteiger partial charge in [0.1, 0.15) is 0 Å². The molecular formula is C13H25N. The fourth-order valence-electron chi connectivity index (χ4n) is 2.15. The summed E-state index contributed by atoms with van der Waals surface area (Å²) in [4.78, 5) is 0. The van der Waals surface area contributed by atoms with E-state index in [9.17, 15) is 0 Å². The Balaban J connectivity index is 2.25. The van der Waals surface area contributed by atoms with Gasteiger partial charge in [-0.2, -0.15) is 0 Å². The predicted octanol–water partition coefficient (Wildman–Crippen LogP) is 3.51. The van der Waals surface area contributed by atoms with Crippen LogP contribution in [0, 0.1) is 5.92 Å². The van der Waals surface area contributed by atoms with Crippen molar-refractivity contribution in [3.63, 3.8) is 0 Å². The topological polar surface area (TPSA) is 12.0 Å². The third kappa shape index (κ3) is 3.83. The molecule has 0 heterocycles. The van der Waals surface area contributed by atoms with Crippen LogP contribution in [0.3, 0.4) is 0 Å². The summed E-state index contributed by atoms with van der Waals surface area (Å²) in [6, 6.07) is 0.692. The summed E-state index contributed by atoms with van der Waals surface area (Å²) in [5, 5.41) is 3.59. The van der Waals surface area contributed by atoms with E-state index in [1.807, 2.05) is 0 Å². The summed E-state index contributed by atoms with van der Waals surface area (Å²) >= 11 is 0. The molecule has 1 atom stereocenters. The van der Waals surface area contributed by atoms with Crippen molar-refractivity contribution in [2.75, 3.05) is 6.54 Å². The van der Waals surface area contributed by atoms with E-state index in [4.69, 9.17) is 0 Å². The van der Waals surface area contributed by atoms with Gasteiger partial charge in [-0.15, -0.1) is 0 Å². The van der Waals surface area contributed by atoms with Crippen LogP contribution in [0.15, 0.2) is 12.2 Å². The summed E-state index contributed by atoms with van der Waals surface area (Å²) in [7, 11) is 0. The lowest BCUT2D eigenvalue weighted by atomic mass is 9.80. The summed E-state index contributed by atoms with van der Waals surface area (Å²) in [5.74, 6) is 1.00. The van der Waals surface area contributed by atoms with Gasteiger partial charge in [-0.3, -0.25) is 0 Å². The lowest BCUT2D eigenvalue weighted by Gasteiger charge is -2.30. The molecule has 1 saturated carbocycles. The van der Waals surface area contributed by atoms with E-state index in [1.165, 1.54) is 37.7 Å². The first-order valence-electron chi connectivity index (χ1n) is 6.16. The zero-order chi connectivity index (χ0) is 10.4. The van der Waals surface area contributed by atoms with Gasteiger partial charge in [0.05, 0.1) is 0 Å². The Morgan fingerprint density at radius 3 is 2.57 bits per heavy atom. The van der Waals surface area contributed by atoms with Crippen molar-refractivity contribution < 1.29 is 0 Å². The Hall–Kier alpha value is -0.300. The quantitative estimate of drug-likeness (QED) is 0.613. The fourth-order valence-corrected chi connectivity index (χ4v) is 2.15. The van der Waals surface area contributed by atoms with Crippen molar-refractivity contribution >= 4 is 0 Å². The van der Waals surface area contributed by atoms with Crippen LogP contribution >= 0.6 is 0 Å². The largest absolute Gasteiger partial charge is 0.314 e. The summed E-state index contributed by atoms with van der Waals surface area (Å²) in [6.07, 6.45) is 8.06. The van der Waals surface area contributed by atoms with E-state index >= 15 is 0 Å². The summed E-state index contributed by atoms with van der Waals surface area (Å²) in [6.45, 7) is 9.60. The minimum Gasteiger partial charge on any atom is -0.314 e. The molecule has 1 nitrogen and oxygen atoms in total. The fraction of sp³-hybridized carbons (Fsp3) is 0.846. The molecule has 1 rings (SSSR count). The molecule has 1 aliphatic rings. The molecule has 1 fully saturated rings. The Morgan fingerprint density at radius 2 is 2.14 bits per heavy atom. The third-order valence-electron chi connectivity index (χ3n) is 3.37. The van der Waals surface area contributed by atoms with Crippen LogP contribution in [-0.4, -0.2) is 12.6 Å². The molecule has 0 aromatic heterocycles. The molecule has 0 aromatic carbocycles. The van der Waals surface area contributed by atoms with E-state index < -0.39 is 0 Å². The number of rotatable bonds is 7. The minimum atomic E-state index is 0.692. The van der Waals surface area contributed by atoms with Crippen LogP contribution in [0.25, 0.3) is 0 Å². The molecular weight excluding hydrogens is 170 g/mol. The van der Waals surface area contributed by atoms with Crippen molar-refractivity contribution in [3.8, 4) is 0 Å². The zero-order valence-corrected chi connectivity index (χ0v) is 9.81. The summed E-state index contributed by atoms with van der Waals surface area (Å²) in [5.41, 5.74) is 1.40. The second kappa shape index (κ2) is 6.23. The Labute approximate surface area is 89.0 Å². The van der Waals surface area contributed by atoms with Crippen LogP contribution in [0.5, 0.6) is 0 Å². The highest BCUT2D eigenvalue weighted by molar-refractivity contribution is 4.97. The van der Waals surface area contributed by atoms with Gasteiger partial charge in [0, 0.05) is 6.04 Å². The van der Waals surface area contributed by atoms with E-state index in [1.54, 1.807) is 0 Å². The Kier molecular flexibility index (Phi) is 5.24. The number of hydrogen-bond acceptors (Lipinski definition) is 1. The van der Waals surface area contributed by atoms with Crippen molar-refractivity contribution in [2.45, 2.75) is 58.4 Å². The molecule has 0 saturated heterocycles. The molecule has 1 aliphatic carbocycles. The zero-order valence-electron chi connectivity index (χ0n) is 9.81. The van der Waals surface area contributed by atoms with Crippen molar-refractivity contribution in [3.05, 3.63) is 12.2 Å². The molecule has 1 N–H and O–H groups in total. The Morgan fingerprint density at radius 1 is 1.43 bits per heavy atom. The van der Waals surface area contributed by atoms with Crippen molar-refractivity contribution in [1.82, 2.24) is 5.32 Å². The molecule has 14 heavy (non-hydrogen) atoms. The second-order valence-corrected chi connectivity index (χ2v) is 4.59. The first-order chi connectivity index (χ1) is 6.76. The molecule has 0 aliphatic heterocycles. The maximum atomic E-state index is 4.11. The molecule has 82 valence electrons. The van der Waals surface area contributed by atoms with Crippen LogP contribution in [0.2, 0.25) is 0 Å². The van der Waals surface area contributed by atoms with Gasteiger partial charge >= 0.3 is 0 Å². The third-order valence-corrected chi connectivity index (χ3v) is 3.37. The van der Waals surface area contributed by atoms with Gasteiger partial charge in [0.2, 0.25) is 0 Å². The Bertz CT molecular complexity index is 170.